The molecule has 0 saturated heterocycles. The molecule has 5 nitrogen and oxygen atoms in total. The minimum atomic E-state index is -0.313. The highest BCUT2D eigenvalue weighted by atomic mass is 32.1. The van der Waals surface area contributed by atoms with E-state index < -0.39 is 0 Å². The van der Waals surface area contributed by atoms with Gasteiger partial charge in [0.1, 0.15) is 5.75 Å². The fraction of sp³-hybridized carbons (Fsp3) is 0.286. The summed E-state index contributed by atoms with van der Waals surface area (Å²) in [5, 5.41) is 0. The summed E-state index contributed by atoms with van der Waals surface area (Å²) in [6.45, 7) is 6.94. The second-order valence-corrected chi connectivity index (χ2v) is 7.16. The maximum atomic E-state index is 12.6. The third-order valence-corrected chi connectivity index (χ3v) is 5.19. The molecule has 0 atom stereocenters. The Labute approximate surface area is 161 Å². The van der Waals surface area contributed by atoms with Gasteiger partial charge in [-0.2, -0.15) is 4.99 Å². The van der Waals surface area contributed by atoms with E-state index in [-0.39, 0.29) is 11.7 Å². The van der Waals surface area contributed by atoms with Crippen molar-refractivity contribution in [2.45, 2.75) is 33.7 Å². The van der Waals surface area contributed by atoms with Gasteiger partial charge in [-0.15, -0.1) is 0 Å². The number of benzene rings is 2. The number of rotatable bonds is 6. The summed E-state index contributed by atoms with van der Waals surface area (Å²) in [4.78, 5) is 29.0. The van der Waals surface area contributed by atoms with Gasteiger partial charge in [-0.05, 0) is 50.6 Å². The first-order valence-electron chi connectivity index (χ1n) is 8.99. The topological polar surface area (TPSA) is 60.7 Å². The Morgan fingerprint density at radius 3 is 2.41 bits per heavy atom. The quantitative estimate of drug-likeness (QED) is 0.592. The lowest BCUT2D eigenvalue weighted by Gasteiger charge is -2.05. The summed E-state index contributed by atoms with van der Waals surface area (Å²) in [5.74, 6) is 0.473. The molecule has 27 heavy (non-hydrogen) atoms. The van der Waals surface area contributed by atoms with E-state index in [1.165, 1.54) is 18.3 Å². The summed E-state index contributed by atoms with van der Waals surface area (Å²) >= 11 is 1.48. The van der Waals surface area contributed by atoms with E-state index in [2.05, 4.69) is 16.5 Å². The first-order valence-corrected chi connectivity index (χ1v) is 9.81. The Hall–Kier alpha value is -2.73. The first kappa shape index (κ1) is 19.0. The fourth-order valence-corrected chi connectivity index (χ4v) is 3.92. The molecule has 0 saturated carbocycles. The van der Waals surface area contributed by atoms with Crippen molar-refractivity contribution in [3.05, 3.63) is 58.4 Å². The van der Waals surface area contributed by atoms with Gasteiger partial charge in [0, 0.05) is 17.7 Å². The largest absolute Gasteiger partial charge is 0.494 e. The molecule has 140 valence electrons. The molecule has 0 radical (unpaired) electrons. The van der Waals surface area contributed by atoms with E-state index in [0.29, 0.717) is 22.5 Å². The Morgan fingerprint density at radius 1 is 1.07 bits per heavy atom. The maximum Gasteiger partial charge on any atom is 0.279 e. The Bertz CT molecular complexity index is 1050. The molecular formula is C21H22N2O3S. The number of hydrogen-bond acceptors (Lipinski definition) is 4. The molecule has 0 aliphatic carbocycles. The van der Waals surface area contributed by atoms with Crippen molar-refractivity contribution in [1.29, 1.82) is 0 Å². The van der Waals surface area contributed by atoms with Crippen molar-refractivity contribution in [2.75, 3.05) is 6.61 Å². The molecule has 1 aromatic heterocycles. The van der Waals surface area contributed by atoms with Crippen LogP contribution < -0.4 is 9.54 Å². The third kappa shape index (κ3) is 4.17. The van der Waals surface area contributed by atoms with Crippen LogP contribution in [0.1, 0.15) is 47.9 Å². The van der Waals surface area contributed by atoms with Crippen molar-refractivity contribution in [3.8, 4) is 5.75 Å². The second kappa shape index (κ2) is 8.31. The summed E-state index contributed by atoms with van der Waals surface area (Å²) in [5.41, 5.74) is 2.09. The molecule has 0 fully saturated rings. The van der Waals surface area contributed by atoms with Gasteiger partial charge in [-0.1, -0.05) is 30.4 Å². The van der Waals surface area contributed by atoms with Gasteiger partial charge in [0.25, 0.3) is 5.91 Å². The SMILES string of the molecule is CCCn1c(=NC(=O)c2ccc(C(C)=O)cc2)sc2cc(OCC)ccc21. The van der Waals surface area contributed by atoms with Crippen molar-refractivity contribution < 1.29 is 14.3 Å². The maximum absolute atomic E-state index is 12.6. The highest BCUT2D eigenvalue weighted by molar-refractivity contribution is 7.16. The molecule has 1 heterocycles. The van der Waals surface area contributed by atoms with E-state index in [1.807, 2.05) is 25.1 Å². The van der Waals surface area contributed by atoms with Gasteiger partial charge in [0.2, 0.25) is 0 Å². The minimum Gasteiger partial charge on any atom is -0.494 e. The number of Topliss-reactive ketones (excluding diaryl/α,β-unsaturated/α-hetero) is 1. The Kier molecular flexibility index (Phi) is 5.86. The number of thiazole rings is 1. The third-order valence-electron chi connectivity index (χ3n) is 4.15. The van der Waals surface area contributed by atoms with Gasteiger partial charge < -0.3 is 9.30 Å². The number of hydrogen-bond donors (Lipinski definition) is 0. The lowest BCUT2D eigenvalue weighted by Crippen LogP contribution is -2.16. The molecule has 0 aliphatic heterocycles. The summed E-state index contributed by atoms with van der Waals surface area (Å²) < 4.78 is 8.68. The molecule has 3 rings (SSSR count). The Balaban J connectivity index is 2.03. The lowest BCUT2D eigenvalue weighted by molar-refractivity contribution is 0.0991. The van der Waals surface area contributed by atoms with Crippen molar-refractivity contribution in [3.63, 3.8) is 0 Å². The zero-order valence-electron chi connectivity index (χ0n) is 15.7. The average molecular weight is 382 g/mol. The molecular weight excluding hydrogens is 360 g/mol. The molecule has 3 aromatic rings. The predicted octanol–water partition coefficient (Wildman–Crippen LogP) is 4.46. The number of aromatic nitrogens is 1. The van der Waals surface area contributed by atoms with Crippen LogP contribution in [0.4, 0.5) is 0 Å². The molecule has 0 N–H and O–H groups in total. The number of carbonyl (C=O) groups excluding carboxylic acids is 2. The van der Waals surface area contributed by atoms with Gasteiger partial charge in [-0.3, -0.25) is 9.59 Å². The zero-order valence-corrected chi connectivity index (χ0v) is 16.5. The summed E-state index contributed by atoms with van der Waals surface area (Å²) in [6.07, 6.45) is 0.938. The number of amides is 1. The van der Waals surface area contributed by atoms with E-state index in [0.717, 1.165) is 28.9 Å². The van der Waals surface area contributed by atoms with Crippen molar-refractivity contribution in [1.82, 2.24) is 4.57 Å². The monoisotopic (exact) mass is 382 g/mol. The second-order valence-electron chi connectivity index (χ2n) is 6.15. The first-order chi connectivity index (χ1) is 13.0. The molecule has 0 spiro atoms. The van der Waals surface area contributed by atoms with Gasteiger partial charge in [0.05, 0.1) is 16.8 Å². The number of aryl methyl sites for hydroxylation is 1. The molecule has 0 bridgehead atoms. The van der Waals surface area contributed by atoms with Crippen LogP contribution in [0.2, 0.25) is 0 Å². The normalized spacial score (nSPS) is 11.7. The van der Waals surface area contributed by atoms with Crippen LogP contribution in [0.25, 0.3) is 10.2 Å². The zero-order chi connectivity index (χ0) is 19.4. The van der Waals surface area contributed by atoms with Crippen LogP contribution in [-0.2, 0) is 6.54 Å². The molecule has 2 aromatic carbocycles. The van der Waals surface area contributed by atoms with Crippen molar-refractivity contribution in [2.24, 2.45) is 4.99 Å². The van der Waals surface area contributed by atoms with Crippen LogP contribution >= 0.6 is 11.3 Å². The molecule has 0 unspecified atom stereocenters. The van der Waals surface area contributed by atoms with Crippen LogP contribution in [0.15, 0.2) is 47.5 Å². The number of nitrogens with zero attached hydrogens (tertiary/aromatic N) is 2. The number of ketones is 1. The molecule has 0 aliphatic rings. The molecule has 1 amide bonds. The fourth-order valence-electron chi connectivity index (χ4n) is 2.83. The number of fused-ring (bicyclic) bond motifs is 1. The van der Waals surface area contributed by atoms with E-state index in [4.69, 9.17) is 4.74 Å². The van der Waals surface area contributed by atoms with Gasteiger partial charge in [0.15, 0.2) is 10.6 Å². The smallest absolute Gasteiger partial charge is 0.279 e. The lowest BCUT2D eigenvalue weighted by atomic mass is 10.1. The van der Waals surface area contributed by atoms with Crippen LogP contribution in [-0.4, -0.2) is 22.9 Å². The van der Waals surface area contributed by atoms with Crippen LogP contribution in [0.3, 0.4) is 0 Å². The van der Waals surface area contributed by atoms with Gasteiger partial charge in [-0.25, -0.2) is 0 Å². The molecule has 6 heteroatoms. The van der Waals surface area contributed by atoms with Gasteiger partial charge >= 0.3 is 0 Å². The van der Waals surface area contributed by atoms with E-state index in [9.17, 15) is 9.59 Å². The van der Waals surface area contributed by atoms with Crippen LogP contribution in [0, 0.1) is 0 Å². The number of ether oxygens (including phenoxy) is 1. The van der Waals surface area contributed by atoms with Crippen LogP contribution in [0.5, 0.6) is 5.75 Å². The minimum absolute atomic E-state index is 0.0265. The number of carbonyl (C=O) groups is 2. The van der Waals surface area contributed by atoms with E-state index >= 15 is 0 Å². The van der Waals surface area contributed by atoms with E-state index in [1.54, 1.807) is 24.3 Å². The highest BCUT2D eigenvalue weighted by Gasteiger charge is 2.10. The highest BCUT2D eigenvalue weighted by Crippen LogP contribution is 2.23. The summed E-state index contributed by atoms with van der Waals surface area (Å²) in [7, 11) is 0. The average Bonchev–Trinajstić information content (AvgIpc) is 2.99. The Morgan fingerprint density at radius 2 is 1.78 bits per heavy atom. The summed E-state index contributed by atoms with van der Waals surface area (Å²) in [6, 6.07) is 12.5. The predicted molar refractivity (Wildman–Crippen MR) is 108 cm³/mol. The standard InChI is InChI=1S/C21H22N2O3S/c1-4-12-23-18-11-10-17(26-5-2)13-19(18)27-21(23)22-20(25)16-8-6-15(7-9-16)14(3)24/h6-11,13H,4-5,12H2,1-3H3. The van der Waals surface area contributed by atoms with Crippen molar-refractivity contribution >= 4 is 33.2 Å².